The van der Waals surface area contributed by atoms with Gasteiger partial charge in [0.05, 0.1) is 29.2 Å². The van der Waals surface area contributed by atoms with Crippen molar-refractivity contribution in [3.8, 4) is 0 Å². The van der Waals surface area contributed by atoms with Crippen molar-refractivity contribution < 1.29 is 23.5 Å². The van der Waals surface area contributed by atoms with E-state index in [1.54, 1.807) is 13.8 Å². The molecular weight excluding hydrogens is 386 g/mol. The number of carbonyl (C=O) groups is 2. The monoisotopic (exact) mass is 408 g/mol. The number of hydrogen-bond donors (Lipinski definition) is 5. The number of carbonyl (C=O) groups excluding carboxylic acids is 1. The molecule has 0 unspecified atom stereocenters. The van der Waals surface area contributed by atoms with E-state index in [9.17, 15) is 18.4 Å². The maximum atomic E-state index is 14.5. The first kappa shape index (κ1) is 21.8. The third-order valence-electron chi connectivity index (χ3n) is 4.25. The molecule has 29 heavy (non-hydrogen) atoms. The van der Waals surface area contributed by atoms with Gasteiger partial charge in [0.25, 0.3) is 5.91 Å². The van der Waals surface area contributed by atoms with Gasteiger partial charge < -0.3 is 26.8 Å². The summed E-state index contributed by atoms with van der Waals surface area (Å²) in [7, 11) is 0. The predicted molar refractivity (Wildman–Crippen MR) is 103 cm³/mol. The Morgan fingerprint density at radius 1 is 1.24 bits per heavy atom. The smallest absolute Gasteiger partial charge is 0.404 e. The Hall–Kier alpha value is -3.50. The van der Waals surface area contributed by atoms with Crippen LogP contribution in [0.15, 0.2) is 18.3 Å². The van der Waals surface area contributed by atoms with Crippen molar-refractivity contribution in [1.29, 1.82) is 0 Å². The highest BCUT2D eigenvalue weighted by Crippen LogP contribution is 2.25. The maximum absolute atomic E-state index is 14.5. The van der Waals surface area contributed by atoms with Crippen LogP contribution in [0.3, 0.4) is 0 Å². The van der Waals surface area contributed by atoms with Crippen molar-refractivity contribution in [1.82, 2.24) is 15.3 Å². The number of aromatic nitrogens is 2. The van der Waals surface area contributed by atoms with E-state index in [1.165, 1.54) is 13.1 Å². The van der Waals surface area contributed by atoms with Gasteiger partial charge in [-0.1, -0.05) is 6.92 Å². The third kappa shape index (κ3) is 5.50. The highest BCUT2D eigenvalue weighted by molar-refractivity contribution is 5.98. The van der Waals surface area contributed by atoms with Crippen molar-refractivity contribution >= 4 is 29.3 Å². The summed E-state index contributed by atoms with van der Waals surface area (Å²) in [4.78, 5) is 30.5. The van der Waals surface area contributed by atoms with Crippen molar-refractivity contribution in [2.45, 2.75) is 39.3 Å². The van der Waals surface area contributed by atoms with Crippen LogP contribution in [0.1, 0.15) is 36.3 Å². The van der Waals surface area contributed by atoms with E-state index in [2.05, 4.69) is 25.9 Å². The first-order valence-electron chi connectivity index (χ1n) is 8.77. The number of halogens is 2. The van der Waals surface area contributed by atoms with Crippen LogP contribution in [0.2, 0.25) is 0 Å². The minimum atomic E-state index is -1.21. The van der Waals surface area contributed by atoms with Crippen LogP contribution in [0.25, 0.3) is 0 Å². The summed E-state index contributed by atoms with van der Waals surface area (Å²) in [5, 5.41) is 16.7. The van der Waals surface area contributed by atoms with Crippen molar-refractivity contribution in [2.24, 2.45) is 5.73 Å². The van der Waals surface area contributed by atoms with Crippen molar-refractivity contribution in [3.05, 3.63) is 41.2 Å². The molecule has 0 aliphatic rings. The molecule has 2 amide bonds. The van der Waals surface area contributed by atoms with Gasteiger partial charge in [0.1, 0.15) is 11.6 Å². The normalized spacial score (nSPS) is 12.7. The summed E-state index contributed by atoms with van der Waals surface area (Å²) in [6.45, 7) is 4.91. The van der Waals surface area contributed by atoms with E-state index in [0.717, 1.165) is 12.1 Å². The van der Waals surface area contributed by atoms with Gasteiger partial charge in [-0.05, 0) is 26.3 Å². The van der Waals surface area contributed by atoms with Gasteiger partial charge in [0, 0.05) is 12.1 Å². The first-order valence-corrected chi connectivity index (χ1v) is 8.77. The zero-order valence-electron chi connectivity index (χ0n) is 16.1. The number of anilines is 3. The minimum absolute atomic E-state index is 0.0992. The van der Waals surface area contributed by atoms with Crippen molar-refractivity contribution in [3.63, 3.8) is 0 Å². The molecule has 0 aliphatic carbocycles. The summed E-state index contributed by atoms with van der Waals surface area (Å²) < 4.78 is 28.2. The number of rotatable bonds is 8. The lowest BCUT2D eigenvalue weighted by Crippen LogP contribution is -2.44. The molecule has 0 aliphatic heterocycles. The average molecular weight is 408 g/mol. The highest BCUT2D eigenvalue weighted by atomic mass is 19.1. The Labute approximate surface area is 165 Å². The summed E-state index contributed by atoms with van der Waals surface area (Å²) in [6, 6.07) is 1.01. The molecule has 0 radical (unpaired) electrons. The number of primary amides is 1. The molecule has 6 N–H and O–H groups in total. The summed E-state index contributed by atoms with van der Waals surface area (Å²) in [5.74, 6) is -2.68. The fourth-order valence-electron chi connectivity index (χ4n) is 2.64. The Morgan fingerprint density at radius 2 is 1.93 bits per heavy atom. The molecule has 2 aromatic heterocycles. The van der Waals surface area contributed by atoms with Crippen LogP contribution in [-0.4, -0.2) is 39.2 Å². The topological polar surface area (TPSA) is 142 Å². The van der Waals surface area contributed by atoms with E-state index in [4.69, 9.17) is 10.8 Å². The molecular formula is C18H22F2N6O3. The van der Waals surface area contributed by atoms with Crippen LogP contribution in [0.5, 0.6) is 0 Å². The van der Waals surface area contributed by atoms with Gasteiger partial charge in [-0.2, -0.15) is 0 Å². The molecule has 2 atom stereocenters. The zero-order valence-corrected chi connectivity index (χ0v) is 16.1. The number of hydrogen-bond acceptors (Lipinski definition) is 6. The number of carboxylic acid groups (broad SMARTS) is 1. The Balaban J connectivity index is 2.36. The summed E-state index contributed by atoms with van der Waals surface area (Å²) in [5.41, 5.74) is 5.43. The van der Waals surface area contributed by atoms with Gasteiger partial charge in [-0.25, -0.2) is 18.6 Å². The van der Waals surface area contributed by atoms with Gasteiger partial charge in [0.2, 0.25) is 0 Å². The molecule has 0 saturated carbocycles. The van der Waals surface area contributed by atoms with Gasteiger partial charge in [-0.15, -0.1) is 0 Å². The van der Waals surface area contributed by atoms with Gasteiger partial charge in [0.15, 0.2) is 11.6 Å². The van der Waals surface area contributed by atoms with E-state index >= 15 is 0 Å². The van der Waals surface area contributed by atoms with Crippen LogP contribution in [-0.2, 0) is 0 Å². The van der Waals surface area contributed by atoms with E-state index < -0.39 is 35.7 Å². The second kappa shape index (κ2) is 9.13. The third-order valence-corrected chi connectivity index (χ3v) is 4.25. The molecule has 0 spiro atoms. The van der Waals surface area contributed by atoms with Gasteiger partial charge in [-0.3, -0.25) is 9.78 Å². The Kier molecular flexibility index (Phi) is 6.86. The number of amides is 2. The summed E-state index contributed by atoms with van der Waals surface area (Å²) in [6.07, 6.45) is 0.564. The number of nitrogens with zero attached hydrogens (tertiary/aromatic N) is 2. The minimum Gasteiger partial charge on any atom is -0.465 e. The van der Waals surface area contributed by atoms with Crippen LogP contribution in [0, 0.1) is 18.6 Å². The van der Waals surface area contributed by atoms with E-state index in [-0.39, 0.29) is 28.6 Å². The lowest BCUT2D eigenvalue weighted by Gasteiger charge is -2.24. The summed E-state index contributed by atoms with van der Waals surface area (Å²) >= 11 is 0. The van der Waals surface area contributed by atoms with E-state index in [1.807, 2.05) is 0 Å². The standard InChI is InChI=1S/C18H22F2N6O3/c1-4-14(25-18(28)29)9(3)23-17-13(20)6-11(15(21)27)16(26-17)24-10-5-12(19)8(2)22-7-10/h5-7,9,14,25H,4H2,1-3H3,(H2,21,27)(H,28,29)(H2,23,24,26)/t9-,14+/m1/s1. The molecule has 2 rings (SSSR count). The molecule has 0 aromatic carbocycles. The first-order chi connectivity index (χ1) is 13.6. The fourth-order valence-corrected chi connectivity index (χ4v) is 2.64. The second-order valence-corrected chi connectivity index (χ2v) is 6.39. The maximum Gasteiger partial charge on any atom is 0.404 e. The molecule has 9 nitrogen and oxygen atoms in total. The molecule has 0 fully saturated rings. The van der Waals surface area contributed by atoms with Crippen LogP contribution in [0.4, 0.5) is 30.9 Å². The van der Waals surface area contributed by atoms with E-state index in [0.29, 0.717) is 6.42 Å². The van der Waals surface area contributed by atoms with Crippen molar-refractivity contribution in [2.75, 3.05) is 10.6 Å². The second-order valence-electron chi connectivity index (χ2n) is 6.39. The molecule has 2 aromatic rings. The zero-order chi connectivity index (χ0) is 21.7. The van der Waals surface area contributed by atoms with Crippen LogP contribution >= 0.6 is 0 Å². The quantitative estimate of drug-likeness (QED) is 0.452. The molecule has 2 heterocycles. The lowest BCUT2D eigenvalue weighted by atomic mass is 10.1. The Morgan fingerprint density at radius 3 is 2.48 bits per heavy atom. The number of nitrogens with one attached hydrogen (secondary N) is 3. The lowest BCUT2D eigenvalue weighted by molar-refractivity contribution is 0.100. The molecule has 0 bridgehead atoms. The molecule has 11 heteroatoms. The predicted octanol–water partition coefficient (Wildman–Crippen LogP) is 2.75. The number of nitrogens with two attached hydrogens (primary N) is 1. The molecule has 156 valence electrons. The number of aryl methyl sites for hydroxylation is 1. The Bertz CT molecular complexity index is 925. The SMILES string of the molecule is CC[C@H](NC(=O)O)[C@@H](C)Nc1nc(Nc2cnc(C)c(F)c2)c(C(N)=O)cc1F. The highest BCUT2D eigenvalue weighted by Gasteiger charge is 2.22. The van der Waals surface area contributed by atoms with Crippen LogP contribution < -0.4 is 21.7 Å². The number of pyridine rings is 2. The largest absolute Gasteiger partial charge is 0.465 e. The molecule has 0 saturated heterocycles. The average Bonchev–Trinajstić information content (AvgIpc) is 2.64. The van der Waals surface area contributed by atoms with Gasteiger partial charge >= 0.3 is 6.09 Å². The fraction of sp³-hybridized carbons (Fsp3) is 0.333.